The van der Waals surface area contributed by atoms with Crippen molar-refractivity contribution in [1.29, 1.82) is 0 Å². The molecule has 1 aliphatic rings. The predicted molar refractivity (Wildman–Crippen MR) is 137 cm³/mol. The molecule has 0 amide bonds. The fraction of sp³-hybridized carbons (Fsp3) is 0.233. The average molecular weight is 486 g/mol. The van der Waals surface area contributed by atoms with E-state index in [1.165, 1.54) is 28.5 Å². The van der Waals surface area contributed by atoms with Gasteiger partial charge in [-0.3, -0.25) is 0 Å². The maximum absolute atomic E-state index is 15.0. The van der Waals surface area contributed by atoms with Gasteiger partial charge in [-0.25, -0.2) is 9.18 Å². The van der Waals surface area contributed by atoms with E-state index in [2.05, 4.69) is 42.6 Å². The Morgan fingerprint density at radius 1 is 1.06 bits per heavy atom. The Balaban J connectivity index is 1.37. The number of para-hydroxylation sites is 1. The molecular formula is C30H28FNO4. The van der Waals surface area contributed by atoms with Gasteiger partial charge in [0.1, 0.15) is 23.4 Å². The van der Waals surface area contributed by atoms with Crippen molar-refractivity contribution >= 4 is 16.7 Å². The van der Waals surface area contributed by atoms with Crippen molar-refractivity contribution in [2.75, 3.05) is 13.2 Å². The van der Waals surface area contributed by atoms with Crippen molar-refractivity contribution in [3.8, 4) is 11.5 Å². The van der Waals surface area contributed by atoms with Crippen LogP contribution in [-0.2, 0) is 4.79 Å². The minimum Gasteiger partial charge on any atom is -0.489 e. The first-order valence-corrected chi connectivity index (χ1v) is 12.1. The molecule has 0 saturated heterocycles. The number of carboxylic acid groups (broad SMARTS) is 1. The molecule has 3 atom stereocenters. The van der Waals surface area contributed by atoms with E-state index >= 15 is 4.39 Å². The summed E-state index contributed by atoms with van der Waals surface area (Å²) in [5.41, 5.74) is 2.60. The zero-order valence-electron chi connectivity index (χ0n) is 20.0. The normalized spacial score (nSPS) is 17.7. The zero-order chi connectivity index (χ0) is 25.1. The van der Waals surface area contributed by atoms with E-state index in [9.17, 15) is 4.79 Å². The number of halogens is 1. The summed E-state index contributed by atoms with van der Waals surface area (Å²) in [4.78, 5) is 10.9. The fourth-order valence-corrected chi connectivity index (χ4v) is 4.98. The van der Waals surface area contributed by atoms with Crippen LogP contribution >= 0.6 is 0 Å². The first-order chi connectivity index (χ1) is 17.5. The Bertz CT molecular complexity index is 1380. The number of carbonyl (C=O) groups is 1. The van der Waals surface area contributed by atoms with Gasteiger partial charge in [-0.05, 0) is 59.5 Å². The second kappa shape index (κ2) is 10.4. The third kappa shape index (κ3) is 5.04. The van der Waals surface area contributed by atoms with Gasteiger partial charge >= 0.3 is 5.97 Å². The van der Waals surface area contributed by atoms with Crippen molar-refractivity contribution < 1.29 is 23.8 Å². The molecule has 6 heteroatoms. The van der Waals surface area contributed by atoms with Gasteiger partial charge in [0.25, 0.3) is 0 Å². The standard InChI is InChI=1S/C30H28FNO4/c1-19(23-11-6-8-20-7-2-3-9-24(20)23)32-17-22-16-26(25-10-4-5-12-29(25)36-22)27-15-21(13-14-28(27)31)35-18-30(33)34/h2-15,19,22,26,32H,16-18H2,1H3,(H,33,34)/t19-,22-,26-/m1/s1. The van der Waals surface area contributed by atoms with Gasteiger partial charge in [0, 0.05) is 24.1 Å². The quantitative estimate of drug-likeness (QED) is 0.317. The Morgan fingerprint density at radius 2 is 1.83 bits per heavy atom. The number of fused-ring (bicyclic) bond motifs is 2. The number of carboxylic acids is 1. The van der Waals surface area contributed by atoms with Crippen LogP contribution in [0.3, 0.4) is 0 Å². The summed E-state index contributed by atoms with van der Waals surface area (Å²) in [6.45, 7) is 2.25. The minimum absolute atomic E-state index is 0.0970. The lowest BCUT2D eigenvalue weighted by Gasteiger charge is -2.33. The number of aliphatic carboxylic acids is 1. The van der Waals surface area contributed by atoms with Crippen LogP contribution < -0.4 is 14.8 Å². The number of rotatable bonds is 8. The van der Waals surface area contributed by atoms with Crippen LogP contribution in [0.5, 0.6) is 11.5 Å². The third-order valence-corrected chi connectivity index (χ3v) is 6.73. The Morgan fingerprint density at radius 3 is 2.69 bits per heavy atom. The van der Waals surface area contributed by atoms with Gasteiger partial charge in [-0.15, -0.1) is 0 Å². The van der Waals surface area contributed by atoms with Crippen LogP contribution in [0.15, 0.2) is 84.9 Å². The van der Waals surface area contributed by atoms with E-state index < -0.39 is 12.6 Å². The minimum atomic E-state index is -1.08. The van der Waals surface area contributed by atoms with Crippen molar-refractivity contribution in [3.05, 3.63) is 107 Å². The van der Waals surface area contributed by atoms with Crippen LogP contribution in [0.1, 0.15) is 42.0 Å². The Hall–Kier alpha value is -3.90. The van der Waals surface area contributed by atoms with E-state index in [-0.39, 0.29) is 23.9 Å². The lowest BCUT2D eigenvalue weighted by Crippen LogP contribution is -2.37. The summed E-state index contributed by atoms with van der Waals surface area (Å²) >= 11 is 0. The molecule has 0 saturated carbocycles. The van der Waals surface area contributed by atoms with Gasteiger partial charge in [0.15, 0.2) is 6.61 Å². The molecule has 184 valence electrons. The van der Waals surface area contributed by atoms with E-state index in [0.717, 1.165) is 11.3 Å². The summed E-state index contributed by atoms with van der Waals surface area (Å²) < 4.78 is 26.7. The summed E-state index contributed by atoms with van der Waals surface area (Å²) in [6.07, 6.45) is 0.399. The number of benzene rings is 4. The van der Waals surface area contributed by atoms with E-state index in [4.69, 9.17) is 14.6 Å². The fourth-order valence-electron chi connectivity index (χ4n) is 4.98. The molecule has 0 unspecified atom stereocenters. The SMILES string of the molecule is C[C@@H](NC[C@H]1C[C@@H](c2cc(OCC(=O)O)ccc2F)c2ccccc2O1)c1cccc2ccccc12. The average Bonchev–Trinajstić information content (AvgIpc) is 2.90. The highest BCUT2D eigenvalue weighted by atomic mass is 19.1. The highest BCUT2D eigenvalue weighted by molar-refractivity contribution is 5.86. The molecule has 4 aromatic rings. The smallest absolute Gasteiger partial charge is 0.341 e. The van der Waals surface area contributed by atoms with Crippen LogP contribution in [-0.4, -0.2) is 30.3 Å². The van der Waals surface area contributed by atoms with Gasteiger partial charge in [0.2, 0.25) is 0 Å². The molecule has 1 aliphatic heterocycles. The maximum Gasteiger partial charge on any atom is 0.341 e. The van der Waals surface area contributed by atoms with Crippen molar-refractivity contribution in [2.45, 2.75) is 31.4 Å². The van der Waals surface area contributed by atoms with E-state index in [1.807, 2.05) is 36.4 Å². The van der Waals surface area contributed by atoms with Crippen LogP contribution in [0.4, 0.5) is 4.39 Å². The first kappa shape index (κ1) is 23.8. The monoisotopic (exact) mass is 485 g/mol. The molecule has 5 rings (SSSR count). The molecule has 36 heavy (non-hydrogen) atoms. The largest absolute Gasteiger partial charge is 0.489 e. The van der Waals surface area contributed by atoms with Gasteiger partial charge < -0.3 is 19.9 Å². The molecule has 0 aliphatic carbocycles. The predicted octanol–water partition coefficient (Wildman–Crippen LogP) is 6.08. The van der Waals surface area contributed by atoms with E-state index in [1.54, 1.807) is 6.07 Å². The van der Waals surface area contributed by atoms with Gasteiger partial charge in [-0.1, -0.05) is 60.7 Å². The summed E-state index contributed by atoms with van der Waals surface area (Å²) in [5, 5.41) is 15.0. The second-order valence-electron chi connectivity index (χ2n) is 9.13. The second-order valence-corrected chi connectivity index (χ2v) is 9.13. The molecule has 5 nitrogen and oxygen atoms in total. The van der Waals surface area contributed by atoms with Crippen molar-refractivity contribution in [3.63, 3.8) is 0 Å². The maximum atomic E-state index is 15.0. The molecule has 0 radical (unpaired) electrons. The van der Waals surface area contributed by atoms with Gasteiger partial charge in [-0.2, -0.15) is 0 Å². The molecule has 1 heterocycles. The molecule has 2 N–H and O–H groups in total. The van der Waals surface area contributed by atoms with Crippen molar-refractivity contribution in [2.24, 2.45) is 0 Å². The first-order valence-electron chi connectivity index (χ1n) is 12.1. The van der Waals surface area contributed by atoms with Gasteiger partial charge in [0.05, 0.1) is 0 Å². The molecule has 0 spiro atoms. The zero-order valence-corrected chi connectivity index (χ0v) is 20.0. The Kier molecular flexibility index (Phi) is 6.87. The molecular weight excluding hydrogens is 457 g/mol. The lowest BCUT2D eigenvalue weighted by atomic mass is 9.83. The Labute approximate surface area is 209 Å². The topological polar surface area (TPSA) is 67.8 Å². The van der Waals surface area contributed by atoms with Crippen LogP contribution in [0.2, 0.25) is 0 Å². The number of nitrogens with one attached hydrogen (secondary N) is 1. The third-order valence-electron chi connectivity index (χ3n) is 6.73. The van der Waals surface area contributed by atoms with Crippen LogP contribution in [0, 0.1) is 5.82 Å². The highest BCUT2D eigenvalue weighted by Crippen LogP contribution is 2.42. The molecule has 0 aromatic heterocycles. The molecule has 0 fully saturated rings. The number of hydrogen-bond acceptors (Lipinski definition) is 4. The highest BCUT2D eigenvalue weighted by Gasteiger charge is 2.31. The summed E-state index contributed by atoms with van der Waals surface area (Å²) in [6, 6.07) is 26.8. The van der Waals surface area contributed by atoms with Crippen LogP contribution in [0.25, 0.3) is 10.8 Å². The van der Waals surface area contributed by atoms with Crippen molar-refractivity contribution in [1.82, 2.24) is 5.32 Å². The molecule has 4 aromatic carbocycles. The summed E-state index contributed by atoms with van der Waals surface area (Å²) in [5.74, 6) is -0.617. The number of ether oxygens (including phenoxy) is 2. The summed E-state index contributed by atoms with van der Waals surface area (Å²) in [7, 11) is 0. The van der Waals surface area contributed by atoms with E-state index in [0.29, 0.717) is 24.3 Å². The lowest BCUT2D eigenvalue weighted by molar-refractivity contribution is -0.139. The number of hydrogen-bond donors (Lipinski definition) is 2. The molecule has 0 bridgehead atoms.